The van der Waals surface area contributed by atoms with Gasteiger partial charge < -0.3 is 16.2 Å². The monoisotopic (exact) mass is 188 g/mol. The number of nitrogens with two attached hydrogens (primary N) is 1. The third kappa shape index (κ3) is 5.60. The largest absolute Gasteiger partial charge is 0.389 e. The molecule has 0 saturated carbocycles. The Kier molecular flexibility index (Phi) is 4.36. The third-order valence-electron chi connectivity index (χ3n) is 1.72. The quantitative estimate of drug-likeness (QED) is 0.574. The van der Waals surface area contributed by atoms with Crippen molar-refractivity contribution in [2.24, 2.45) is 11.7 Å². The van der Waals surface area contributed by atoms with Gasteiger partial charge in [0.25, 0.3) is 0 Å². The Hall–Kier alpha value is -0.610. The molecule has 0 unspecified atom stereocenters. The molecule has 0 heterocycles. The molecule has 13 heavy (non-hydrogen) atoms. The van der Waals surface area contributed by atoms with Crippen LogP contribution in [0.3, 0.4) is 0 Å². The van der Waals surface area contributed by atoms with E-state index in [2.05, 4.69) is 5.32 Å². The average molecular weight is 188 g/mol. The molecule has 0 aliphatic heterocycles. The van der Waals surface area contributed by atoms with Crippen molar-refractivity contribution in [1.82, 2.24) is 5.32 Å². The zero-order valence-corrected chi connectivity index (χ0v) is 8.79. The van der Waals surface area contributed by atoms with Crippen LogP contribution in [-0.4, -0.2) is 29.2 Å². The summed E-state index contributed by atoms with van der Waals surface area (Å²) in [5, 5.41) is 11.9. The summed E-state index contributed by atoms with van der Waals surface area (Å²) in [5.74, 6) is -0.0982. The van der Waals surface area contributed by atoms with Crippen LogP contribution in [0.15, 0.2) is 0 Å². The second kappa shape index (κ2) is 4.58. The Balaban J connectivity index is 3.89. The van der Waals surface area contributed by atoms with E-state index in [9.17, 15) is 9.90 Å². The first-order valence-electron chi connectivity index (χ1n) is 4.49. The maximum Gasteiger partial charge on any atom is 0.237 e. The Morgan fingerprint density at radius 2 is 2.00 bits per heavy atom. The van der Waals surface area contributed by atoms with Crippen molar-refractivity contribution < 1.29 is 9.90 Å². The van der Waals surface area contributed by atoms with Crippen molar-refractivity contribution >= 4 is 5.91 Å². The predicted octanol–water partition coefficient (Wildman–Crippen LogP) is -0.143. The fraction of sp³-hybridized carbons (Fsp3) is 0.889. The van der Waals surface area contributed by atoms with Gasteiger partial charge in [0.2, 0.25) is 5.91 Å². The van der Waals surface area contributed by atoms with Crippen LogP contribution in [0.5, 0.6) is 0 Å². The molecule has 1 amide bonds. The number of carbonyl (C=O) groups excluding carboxylic acids is 1. The molecule has 0 aromatic carbocycles. The summed E-state index contributed by atoms with van der Waals surface area (Å²) in [4.78, 5) is 11.3. The van der Waals surface area contributed by atoms with Crippen LogP contribution >= 0.6 is 0 Å². The van der Waals surface area contributed by atoms with E-state index in [0.717, 1.165) is 0 Å². The maximum atomic E-state index is 11.3. The summed E-state index contributed by atoms with van der Waals surface area (Å²) in [6.07, 6.45) is 0. The van der Waals surface area contributed by atoms with Crippen LogP contribution in [0.2, 0.25) is 0 Å². The van der Waals surface area contributed by atoms with Crippen LogP contribution in [-0.2, 0) is 4.79 Å². The van der Waals surface area contributed by atoms with Crippen molar-refractivity contribution in [3.8, 4) is 0 Å². The zero-order valence-electron chi connectivity index (χ0n) is 8.79. The fourth-order valence-corrected chi connectivity index (χ4v) is 0.724. The zero-order chi connectivity index (χ0) is 10.6. The van der Waals surface area contributed by atoms with Gasteiger partial charge in [0.15, 0.2) is 0 Å². The van der Waals surface area contributed by atoms with E-state index in [0.29, 0.717) is 0 Å². The minimum atomic E-state index is -0.883. The van der Waals surface area contributed by atoms with Gasteiger partial charge in [0.05, 0.1) is 11.6 Å². The molecule has 0 bridgehead atoms. The first kappa shape index (κ1) is 12.4. The first-order valence-corrected chi connectivity index (χ1v) is 4.49. The predicted molar refractivity (Wildman–Crippen MR) is 52.1 cm³/mol. The molecule has 0 spiro atoms. The lowest BCUT2D eigenvalue weighted by atomic mass is 10.0. The molecule has 0 radical (unpaired) electrons. The van der Waals surface area contributed by atoms with E-state index < -0.39 is 11.6 Å². The normalized spacial score (nSPS) is 14.4. The van der Waals surface area contributed by atoms with E-state index in [1.54, 1.807) is 13.8 Å². The Labute approximate surface area is 79.5 Å². The number of hydrogen-bond donors (Lipinski definition) is 3. The molecule has 4 N–H and O–H groups in total. The summed E-state index contributed by atoms with van der Waals surface area (Å²) in [6, 6.07) is -0.498. The van der Waals surface area contributed by atoms with Crippen molar-refractivity contribution in [3.63, 3.8) is 0 Å². The number of amides is 1. The lowest BCUT2D eigenvalue weighted by Gasteiger charge is -2.20. The van der Waals surface area contributed by atoms with Crippen LogP contribution in [0, 0.1) is 5.92 Å². The first-order chi connectivity index (χ1) is 5.74. The summed E-state index contributed by atoms with van der Waals surface area (Å²) in [6.45, 7) is 7.26. The molecule has 0 saturated heterocycles. The molecule has 0 aromatic rings. The van der Waals surface area contributed by atoms with Gasteiger partial charge in [-0.3, -0.25) is 4.79 Å². The fourth-order valence-electron chi connectivity index (χ4n) is 0.724. The Morgan fingerprint density at radius 1 is 1.54 bits per heavy atom. The van der Waals surface area contributed by atoms with Crippen molar-refractivity contribution in [2.75, 3.05) is 6.54 Å². The molecule has 0 aliphatic rings. The van der Waals surface area contributed by atoms with Crippen LogP contribution in [0.4, 0.5) is 0 Å². The summed E-state index contributed by atoms with van der Waals surface area (Å²) in [5.41, 5.74) is 4.71. The minimum Gasteiger partial charge on any atom is -0.389 e. The standard InChI is InChI=1S/C9H20N2O2/c1-6(2)7(10)8(12)11-5-9(3,4)13/h6-7,13H,5,10H2,1-4H3,(H,11,12)/t7-/m1/s1. The molecular formula is C9H20N2O2. The highest BCUT2D eigenvalue weighted by Gasteiger charge is 2.19. The second-order valence-corrected chi connectivity index (χ2v) is 4.30. The van der Waals surface area contributed by atoms with Crippen LogP contribution < -0.4 is 11.1 Å². The number of carbonyl (C=O) groups is 1. The molecule has 4 heteroatoms. The van der Waals surface area contributed by atoms with E-state index in [-0.39, 0.29) is 18.4 Å². The number of rotatable bonds is 4. The lowest BCUT2D eigenvalue weighted by Crippen LogP contribution is -2.48. The highest BCUT2D eigenvalue weighted by atomic mass is 16.3. The smallest absolute Gasteiger partial charge is 0.237 e. The molecule has 0 rings (SSSR count). The third-order valence-corrected chi connectivity index (χ3v) is 1.72. The number of nitrogens with one attached hydrogen (secondary N) is 1. The van der Waals surface area contributed by atoms with Gasteiger partial charge in [0, 0.05) is 6.54 Å². The summed E-state index contributed by atoms with van der Waals surface area (Å²) >= 11 is 0. The molecular weight excluding hydrogens is 168 g/mol. The molecule has 78 valence electrons. The number of hydrogen-bond acceptors (Lipinski definition) is 3. The van der Waals surface area contributed by atoms with E-state index in [1.807, 2.05) is 13.8 Å². The summed E-state index contributed by atoms with van der Waals surface area (Å²) in [7, 11) is 0. The van der Waals surface area contributed by atoms with Crippen molar-refractivity contribution in [2.45, 2.75) is 39.3 Å². The Bertz CT molecular complexity index is 173. The van der Waals surface area contributed by atoms with Gasteiger partial charge in [-0.1, -0.05) is 13.8 Å². The number of aliphatic hydroxyl groups is 1. The topological polar surface area (TPSA) is 75.4 Å². The molecule has 0 fully saturated rings. The minimum absolute atomic E-state index is 0.113. The second-order valence-electron chi connectivity index (χ2n) is 4.30. The highest BCUT2D eigenvalue weighted by molar-refractivity contribution is 5.81. The Morgan fingerprint density at radius 3 is 2.31 bits per heavy atom. The van der Waals surface area contributed by atoms with E-state index >= 15 is 0 Å². The molecule has 0 aromatic heterocycles. The van der Waals surface area contributed by atoms with Gasteiger partial charge in [-0.25, -0.2) is 0 Å². The highest BCUT2D eigenvalue weighted by Crippen LogP contribution is 2.00. The van der Waals surface area contributed by atoms with E-state index in [4.69, 9.17) is 5.73 Å². The van der Waals surface area contributed by atoms with Crippen LogP contribution in [0.1, 0.15) is 27.7 Å². The van der Waals surface area contributed by atoms with Gasteiger partial charge >= 0.3 is 0 Å². The van der Waals surface area contributed by atoms with Gasteiger partial charge in [-0.05, 0) is 19.8 Å². The van der Waals surface area contributed by atoms with E-state index in [1.165, 1.54) is 0 Å². The average Bonchev–Trinajstić information content (AvgIpc) is 1.97. The van der Waals surface area contributed by atoms with Crippen LogP contribution in [0.25, 0.3) is 0 Å². The molecule has 1 atom stereocenters. The van der Waals surface area contributed by atoms with Crippen molar-refractivity contribution in [3.05, 3.63) is 0 Å². The maximum absolute atomic E-state index is 11.3. The van der Waals surface area contributed by atoms with Crippen molar-refractivity contribution in [1.29, 1.82) is 0 Å². The summed E-state index contributed by atoms with van der Waals surface area (Å²) < 4.78 is 0. The van der Waals surface area contributed by atoms with Gasteiger partial charge in [0.1, 0.15) is 0 Å². The molecule has 0 aliphatic carbocycles. The lowest BCUT2D eigenvalue weighted by molar-refractivity contribution is -0.124. The SMILES string of the molecule is CC(C)[C@@H](N)C(=O)NCC(C)(C)O. The molecule has 4 nitrogen and oxygen atoms in total. The van der Waals surface area contributed by atoms with Gasteiger partial charge in [-0.2, -0.15) is 0 Å². The van der Waals surface area contributed by atoms with Gasteiger partial charge in [-0.15, -0.1) is 0 Å².